The molecule has 0 spiro atoms. The second kappa shape index (κ2) is 4.99. The predicted octanol–water partition coefficient (Wildman–Crippen LogP) is 2.63. The molecular weight excluding hydrogens is 222 g/mol. The van der Waals surface area contributed by atoms with Crippen LogP contribution < -0.4 is 5.32 Å². The number of rotatable bonds is 4. The molecule has 1 atom stereocenters. The Kier molecular flexibility index (Phi) is 3.41. The molecule has 0 aliphatic heterocycles. The molecule has 2 aromatic rings. The van der Waals surface area contributed by atoms with Crippen molar-refractivity contribution >= 4 is 16.5 Å². The highest BCUT2D eigenvalue weighted by Gasteiger charge is 1.99. The summed E-state index contributed by atoms with van der Waals surface area (Å²) in [6.07, 6.45) is 5.03. The first-order chi connectivity index (χ1) is 7.75. The smallest absolute Gasteiger partial charge is 0.0952 e. The lowest BCUT2D eigenvalue weighted by Crippen LogP contribution is -1.98. The van der Waals surface area contributed by atoms with Gasteiger partial charge < -0.3 is 9.73 Å². The molecule has 1 N–H and O–H groups in total. The summed E-state index contributed by atoms with van der Waals surface area (Å²) in [5.41, 5.74) is 2.05. The molecule has 1 unspecified atom stereocenters. The first kappa shape index (κ1) is 11.0. The van der Waals surface area contributed by atoms with Gasteiger partial charge in [-0.1, -0.05) is 6.07 Å². The van der Waals surface area contributed by atoms with Crippen molar-refractivity contribution in [3.8, 4) is 0 Å². The molecule has 1 aromatic heterocycles. The van der Waals surface area contributed by atoms with Gasteiger partial charge in [-0.25, -0.2) is 0 Å². The van der Waals surface area contributed by atoms with Gasteiger partial charge in [0.15, 0.2) is 0 Å². The van der Waals surface area contributed by atoms with E-state index < -0.39 is 10.8 Å². The average Bonchev–Trinajstić information content (AvgIpc) is 2.79. The predicted molar refractivity (Wildman–Crippen MR) is 64.8 cm³/mol. The van der Waals surface area contributed by atoms with Crippen molar-refractivity contribution in [3.05, 3.63) is 48.4 Å². The van der Waals surface area contributed by atoms with Gasteiger partial charge in [-0.15, -0.1) is 0 Å². The van der Waals surface area contributed by atoms with Crippen LogP contribution in [-0.4, -0.2) is 10.5 Å². The Labute approximate surface area is 96.9 Å². The lowest BCUT2D eigenvalue weighted by atomic mass is 10.3. The molecule has 16 heavy (non-hydrogen) atoms. The third-order valence-electron chi connectivity index (χ3n) is 2.24. The van der Waals surface area contributed by atoms with Gasteiger partial charge in [0.1, 0.15) is 0 Å². The SMILES string of the molecule is CS(=O)c1cccc(NCc2ccoc2)c1. The van der Waals surface area contributed by atoms with Gasteiger partial charge in [0.2, 0.25) is 0 Å². The zero-order chi connectivity index (χ0) is 11.4. The quantitative estimate of drug-likeness (QED) is 0.885. The van der Waals surface area contributed by atoms with E-state index in [1.807, 2.05) is 30.3 Å². The van der Waals surface area contributed by atoms with Crippen molar-refractivity contribution in [1.29, 1.82) is 0 Å². The zero-order valence-electron chi connectivity index (χ0n) is 8.97. The van der Waals surface area contributed by atoms with Crippen LogP contribution in [0.3, 0.4) is 0 Å². The molecule has 0 aliphatic rings. The van der Waals surface area contributed by atoms with Gasteiger partial charge in [-0.2, -0.15) is 0 Å². The Balaban J connectivity index is 2.04. The number of hydrogen-bond acceptors (Lipinski definition) is 3. The van der Waals surface area contributed by atoms with Crippen LogP contribution in [0.4, 0.5) is 5.69 Å². The number of furan rings is 1. The third kappa shape index (κ3) is 2.73. The molecule has 0 aliphatic carbocycles. The second-order valence-electron chi connectivity index (χ2n) is 3.47. The molecule has 0 saturated carbocycles. The van der Waals surface area contributed by atoms with Gasteiger partial charge in [0, 0.05) is 39.7 Å². The fourth-order valence-electron chi connectivity index (χ4n) is 1.38. The van der Waals surface area contributed by atoms with Crippen LogP contribution in [0.1, 0.15) is 5.56 Å². The molecule has 0 fully saturated rings. The molecule has 2 rings (SSSR count). The van der Waals surface area contributed by atoms with Crippen molar-refractivity contribution in [1.82, 2.24) is 0 Å². The van der Waals surface area contributed by atoms with E-state index in [4.69, 9.17) is 4.42 Å². The minimum absolute atomic E-state index is 0.705. The van der Waals surface area contributed by atoms with Crippen molar-refractivity contribution in [2.24, 2.45) is 0 Å². The first-order valence-corrected chi connectivity index (χ1v) is 6.50. The van der Waals surface area contributed by atoms with E-state index in [-0.39, 0.29) is 0 Å². The van der Waals surface area contributed by atoms with E-state index >= 15 is 0 Å². The second-order valence-corrected chi connectivity index (χ2v) is 4.85. The minimum Gasteiger partial charge on any atom is -0.472 e. The highest BCUT2D eigenvalue weighted by Crippen LogP contribution is 2.14. The number of hydrogen-bond donors (Lipinski definition) is 1. The van der Waals surface area contributed by atoms with Gasteiger partial charge in [0.05, 0.1) is 12.5 Å². The molecule has 0 radical (unpaired) electrons. The molecule has 0 bridgehead atoms. The molecule has 4 heteroatoms. The van der Waals surface area contributed by atoms with E-state index in [2.05, 4.69) is 5.32 Å². The van der Waals surface area contributed by atoms with Crippen LogP contribution in [0, 0.1) is 0 Å². The molecule has 0 saturated heterocycles. The molecule has 1 aromatic carbocycles. The van der Waals surface area contributed by atoms with Gasteiger partial charge >= 0.3 is 0 Å². The largest absolute Gasteiger partial charge is 0.472 e. The van der Waals surface area contributed by atoms with Gasteiger partial charge in [-0.3, -0.25) is 4.21 Å². The third-order valence-corrected chi connectivity index (χ3v) is 3.16. The Bertz CT molecular complexity index is 480. The summed E-state index contributed by atoms with van der Waals surface area (Å²) in [6, 6.07) is 9.52. The monoisotopic (exact) mass is 235 g/mol. The minimum atomic E-state index is -0.938. The van der Waals surface area contributed by atoms with E-state index in [0.717, 1.165) is 16.1 Å². The van der Waals surface area contributed by atoms with Crippen LogP contribution in [0.25, 0.3) is 0 Å². The van der Waals surface area contributed by atoms with Crippen molar-refractivity contribution in [2.75, 3.05) is 11.6 Å². The molecule has 0 amide bonds. The Morgan fingerprint density at radius 3 is 2.94 bits per heavy atom. The summed E-state index contributed by atoms with van der Waals surface area (Å²) in [5.74, 6) is 0. The normalized spacial score (nSPS) is 12.3. The summed E-state index contributed by atoms with van der Waals surface area (Å²) < 4.78 is 16.3. The molecule has 84 valence electrons. The summed E-state index contributed by atoms with van der Waals surface area (Å²) in [5, 5.41) is 3.25. The Morgan fingerprint density at radius 2 is 2.25 bits per heavy atom. The Morgan fingerprint density at radius 1 is 1.38 bits per heavy atom. The first-order valence-electron chi connectivity index (χ1n) is 4.94. The number of nitrogens with one attached hydrogen (secondary N) is 1. The van der Waals surface area contributed by atoms with Crippen LogP contribution in [0.15, 0.2) is 52.2 Å². The van der Waals surface area contributed by atoms with E-state index in [1.54, 1.807) is 18.8 Å². The standard InChI is InChI=1S/C12H13NO2S/c1-16(14)12-4-2-3-11(7-12)13-8-10-5-6-15-9-10/h2-7,9,13H,8H2,1H3. The van der Waals surface area contributed by atoms with Crippen LogP contribution in [0.5, 0.6) is 0 Å². The Hall–Kier alpha value is -1.55. The van der Waals surface area contributed by atoms with E-state index in [0.29, 0.717) is 6.54 Å². The molecule has 3 nitrogen and oxygen atoms in total. The number of benzene rings is 1. The fraction of sp³-hybridized carbons (Fsp3) is 0.167. The average molecular weight is 235 g/mol. The van der Waals surface area contributed by atoms with E-state index in [1.165, 1.54) is 0 Å². The van der Waals surface area contributed by atoms with Crippen molar-refractivity contribution in [2.45, 2.75) is 11.4 Å². The van der Waals surface area contributed by atoms with Crippen molar-refractivity contribution in [3.63, 3.8) is 0 Å². The fourth-order valence-corrected chi connectivity index (χ4v) is 1.95. The summed E-state index contributed by atoms with van der Waals surface area (Å²) in [7, 11) is -0.938. The van der Waals surface area contributed by atoms with E-state index in [9.17, 15) is 4.21 Å². The lowest BCUT2D eigenvalue weighted by Gasteiger charge is -2.05. The maximum atomic E-state index is 11.3. The van der Waals surface area contributed by atoms with Crippen LogP contribution >= 0.6 is 0 Å². The zero-order valence-corrected chi connectivity index (χ0v) is 9.79. The van der Waals surface area contributed by atoms with Crippen molar-refractivity contribution < 1.29 is 8.63 Å². The van der Waals surface area contributed by atoms with Crippen LogP contribution in [0.2, 0.25) is 0 Å². The summed E-state index contributed by atoms with van der Waals surface area (Å²) in [4.78, 5) is 0.831. The molecular formula is C12H13NO2S. The topological polar surface area (TPSA) is 42.2 Å². The highest BCUT2D eigenvalue weighted by molar-refractivity contribution is 7.84. The maximum absolute atomic E-state index is 11.3. The lowest BCUT2D eigenvalue weighted by molar-refractivity contribution is 0.564. The highest BCUT2D eigenvalue weighted by atomic mass is 32.2. The van der Waals surface area contributed by atoms with Gasteiger partial charge in [-0.05, 0) is 24.3 Å². The summed E-state index contributed by atoms with van der Waals surface area (Å²) in [6.45, 7) is 0.705. The molecule has 1 heterocycles. The number of anilines is 1. The van der Waals surface area contributed by atoms with Gasteiger partial charge in [0.25, 0.3) is 0 Å². The maximum Gasteiger partial charge on any atom is 0.0952 e. The van der Waals surface area contributed by atoms with Crippen LogP contribution in [-0.2, 0) is 17.3 Å². The summed E-state index contributed by atoms with van der Waals surface area (Å²) >= 11 is 0.